The molecule has 0 aromatic carbocycles. The number of aliphatic carboxylic acids is 1. The van der Waals surface area contributed by atoms with Crippen LogP contribution in [-0.2, 0) is 4.79 Å². The molecule has 1 unspecified atom stereocenters. The van der Waals surface area contributed by atoms with Crippen LogP contribution in [0.25, 0.3) is 0 Å². The molecule has 1 fully saturated rings. The fourth-order valence-electron chi connectivity index (χ4n) is 2.06. The second kappa shape index (κ2) is 4.45. The molecule has 0 bridgehead atoms. The molecule has 3 nitrogen and oxygen atoms in total. The van der Waals surface area contributed by atoms with Gasteiger partial charge in [-0.05, 0) is 25.2 Å². The molecule has 1 aliphatic carbocycles. The molecule has 0 saturated heterocycles. The minimum Gasteiger partial charge on any atom is -0.481 e. The lowest BCUT2D eigenvalue weighted by Crippen LogP contribution is -2.22. The first-order chi connectivity index (χ1) is 5.75. The van der Waals surface area contributed by atoms with Gasteiger partial charge in [0.15, 0.2) is 0 Å². The standard InChI is InChI=1S/C9H16O3/c10-6-5-8(9(11)12)7-3-1-2-4-7/h7-8,10H,1-6H2,(H,11,12). The maximum Gasteiger partial charge on any atom is 0.306 e. The van der Waals surface area contributed by atoms with Gasteiger partial charge in [-0.2, -0.15) is 0 Å². The molecule has 1 rings (SSSR count). The van der Waals surface area contributed by atoms with E-state index in [0.717, 1.165) is 25.7 Å². The summed E-state index contributed by atoms with van der Waals surface area (Å²) in [5.74, 6) is -0.733. The summed E-state index contributed by atoms with van der Waals surface area (Å²) in [4.78, 5) is 10.8. The minimum atomic E-state index is -0.740. The van der Waals surface area contributed by atoms with Crippen LogP contribution in [0.5, 0.6) is 0 Å². The molecular weight excluding hydrogens is 156 g/mol. The molecule has 0 aliphatic heterocycles. The monoisotopic (exact) mass is 172 g/mol. The van der Waals surface area contributed by atoms with E-state index in [4.69, 9.17) is 10.2 Å². The summed E-state index contributed by atoms with van der Waals surface area (Å²) >= 11 is 0. The van der Waals surface area contributed by atoms with Crippen molar-refractivity contribution >= 4 is 5.97 Å². The third-order valence-corrected chi connectivity index (χ3v) is 2.73. The van der Waals surface area contributed by atoms with Gasteiger partial charge in [-0.25, -0.2) is 0 Å². The number of carboxylic acid groups (broad SMARTS) is 1. The average Bonchev–Trinajstić information content (AvgIpc) is 2.51. The van der Waals surface area contributed by atoms with Crippen molar-refractivity contribution in [2.75, 3.05) is 6.61 Å². The molecule has 1 saturated carbocycles. The second-order valence-electron chi connectivity index (χ2n) is 3.50. The van der Waals surface area contributed by atoms with E-state index in [0.29, 0.717) is 12.3 Å². The van der Waals surface area contributed by atoms with Crippen molar-refractivity contribution in [3.63, 3.8) is 0 Å². The predicted octanol–water partition coefficient (Wildman–Crippen LogP) is 1.26. The highest BCUT2D eigenvalue weighted by Crippen LogP contribution is 2.32. The Kier molecular flexibility index (Phi) is 3.53. The van der Waals surface area contributed by atoms with Crippen LogP contribution in [-0.4, -0.2) is 22.8 Å². The van der Waals surface area contributed by atoms with Gasteiger partial charge in [-0.3, -0.25) is 4.79 Å². The summed E-state index contributed by atoms with van der Waals surface area (Å²) in [6.07, 6.45) is 4.77. The molecule has 3 heteroatoms. The van der Waals surface area contributed by atoms with Gasteiger partial charge in [-0.1, -0.05) is 12.8 Å². The SMILES string of the molecule is O=C(O)C(CCO)C1CCCC1. The lowest BCUT2D eigenvalue weighted by molar-refractivity contribution is -0.144. The fourth-order valence-corrected chi connectivity index (χ4v) is 2.06. The van der Waals surface area contributed by atoms with Gasteiger partial charge >= 0.3 is 5.97 Å². The Hall–Kier alpha value is -0.570. The Morgan fingerprint density at radius 3 is 2.42 bits per heavy atom. The molecule has 0 amide bonds. The number of hydrogen-bond donors (Lipinski definition) is 2. The molecule has 1 atom stereocenters. The molecule has 0 aromatic rings. The Morgan fingerprint density at radius 1 is 1.42 bits per heavy atom. The zero-order chi connectivity index (χ0) is 8.97. The van der Waals surface area contributed by atoms with Crippen LogP contribution in [0.3, 0.4) is 0 Å². The van der Waals surface area contributed by atoms with Crippen LogP contribution < -0.4 is 0 Å². The van der Waals surface area contributed by atoms with Gasteiger partial charge in [0.2, 0.25) is 0 Å². The number of aliphatic hydroxyl groups excluding tert-OH is 1. The number of carbonyl (C=O) groups is 1. The van der Waals surface area contributed by atoms with Crippen molar-refractivity contribution in [2.24, 2.45) is 11.8 Å². The summed E-state index contributed by atoms with van der Waals surface area (Å²) in [5, 5.41) is 17.5. The summed E-state index contributed by atoms with van der Waals surface area (Å²) < 4.78 is 0. The first-order valence-electron chi connectivity index (χ1n) is 4.59. The van der Waals surface area contributed by atoms with E-state index >= 15 is 0 Å². The molecule has 0 heterocycles. The molecule has 0 aromatic heterocycles. The highest BCUT2D eigenvalue weighted by Gasteiger charge is 2.29. The van der Waals surface area contributed by atoms with Crippen molar-refractivity contribution in [3.8, 4) is 0 Å². The van der Waals surface area contributed by atoms with Crippen LogP contribution in [0.15, 0.2) is 0 Å². The quantitative estimate of drug-likeness (QED) is 0.671. The summed E-state index contributed by atoms with van der Waals surface area (Å²) in [6.45, 7) is -0.00648. The van der Waals surface area contributed by atoms with Crippen LogP contribution >= 0.6 is 0 Å². The maximum absolute atomic E-state index is 10.8. The minimum absolute atomic E-state index is 0.00648. The van der Waals surface area contributed by atoms with Gasteiger partial charge < -0.3 is 10.2 Å². The van der Waals surface area contributed by atoms with E-state index in [1.807, 2.05) is 0 Å². The Bertz CT molecular complexity index is 150. The van der Waals surface area contributed by atoms with Gasteiger partial charge in [0.05, 0.1) is 5.92 Å². The van der Waals surface area contributed by atoms with E-state index in [2.05, 4.69) is 0 Å². The second-order valence-corrected chi connectivity index (χ2v) is 3.50. The summed E-state index contributed by atoms with van der Waals surface area (Å²) in [5.41, 5.74) is 0. The van der Waals surface area contributed by atoms with Crippen LogP contribution in [0.2, 0.25) is 0 Å². The zero-order valence-corrected chi connectivity index (χ0v) is 7.20. The first kappa shape index (κ1) is 9.52. The molecule has 0 radical (unpaired) electrons. The molecule has 70 valence electrons. The van der Waals surface area contributed by atoms with Gasteiger partial charge in [-0.15, -0.1) is 0 Å². The molecule has 0 spiro atoms. The van der Waals surface area contributed by atoms with E-state index in [9.17, 15) is 4.79 Å². The zero-order valence-electron chi connectivity index (χ0n) is 7.20. The lowest BCUT2D eigenvalue weighted by atomic mass is 9.88. The van der Waals surface area contributed by atoms with Gasteiger partial charge in [0, 0.05) is 6.61 Å². The third-order valence-electron chi connectivity index (χ3n) is 2.73. The van der Waals surface area contributed by atoms with E-state index in [-0.39, 0.29) is 12.5 Å². The highest BCUT2D eigenvalue weighted by molar-refractivity contribution is 5.70. The smallest absolute Gasteiger partial charge is 0.306 e. The Morgan fingerprint density at radius 2 is 2.00 bits per heavy atom. The predicted molar refractivity (Wildman–Crippen MR) is 44.8 cm³/mol. The van der Waals surface area contributed by atoms with E-state index < -0.39 is 5.97 Å². The molecule has 1 aliphatic rings. The Labute approximate surface area is 72.4 Å². The number of rotatable bonds is 4. The normalized spacial score (nSPS) is 21.1. The van der Waals surface area contributed by atoms with Gasteiger partial charge in [0.1, 0.15) is 0 Å². The van der Waals surface area contributed by atoms with Crippen LogP contribution in [0, 0.1) is 11.8 Å². The van der Waals surface area contributed by atoms with Crippen LogP contribution in [0.1, 0.15) is 32.1 Å². The Balaban J connectivity index is 2.45. The number of hydrogen-bond acceptors (Lipinski definition) is 2. The fraction of sp³-hybridized carbons (Fsp3) is 0.889. The largest absolute Gasteiger partial charge is 0.481 e. The van der Waals surface area contributed by atoms with Crippen molar-refractivity contribution in [3.05, 3.63) is 0 Å². The highest BCUT2D eigenvalue weighted by atomic mass is 16.4. The summed E-state index contributed by atoms with van der Waals surface area (Å²) in [6, 6.07) is 0. The van der Waals surface area contributed by atoms with Crippen molar-refractivity contribution in [1.82, 2.24) is 0 Å². The lowest BCUT2D eigenvalue weighted by Gasteiger charge is -2.17. The molecule has 2 N–H and O–H groups in total. The molecular formula is C9H16O3. The van der Waals surface area contributed by atoms with Gasteiger partial charge in [0.25, 0.3) is 0 Å². The molecule has 12 heavy (non-hydrogen) atoms. The third kappa shape index (κ3) is 2.21. The van der Waals surface area contributed by atoms with Crippen molar-refractivity contribution < 1.29 is 15.0 Å². The van der Waals surface area contributed by atoms with E-state index in [1.54, 1.807) is 0 Å². The van der Waals surface area contributed by atoms with E-state index in [1.165, 1.54) is 0 Å². The first-order valence-corrected chi connectivity index (χ1v) is 4.59. The van der Waals surface area contributed by atoms with Crippen molar-refractivity contribution in [1.29, 1.82) is 0 Å². The topological polar surface area (TPSA) is 57.5 Å². The maximum atomic E-state index is 10.8. The number of carboxylic acids is 1. The van der Waals surface area contributed by atoms with Crippen molar-refractivity contribution in [2.45, 2.75) is 32.1 Å². The summed E-state index contributed by atoms with van der Waals surface area (Å²) in [7, 11) is 0. The average molecular weight is 172 g/mol. The van der Waals surface area contributed by atoms with Crippen LogP contribution in [0.4, 0.5) is 0 Å². The number of aliphatic hydroxyl groups is 1.